The number of benzene rings is 3. The van der Waals surface area contributed by atoms with E-state index in [9.17, 15) is 18.0 Å². The van der Waals surface area contributed by atoms with Gasteiger partial charge in [-0.3, -0.25) is 4.79 Å². The van der Waals surface area contributed by atoms with Crippen LogP contribution in [-0.4, -0.2) is 37.0 Å². The lowest BCUT2D eigenvalue weighted by atomic mass is 10.1. The Balaban J connectivity index is 1.51. The molecule has 0 radical (unpaired) electrons. The molecule has 0 fully saturated rings. The molecule has 0 spiro atoms. The van der Waals surface area contributed by atoms with Crippen LogP contribution in [-0.2, 0) is 34.3 Å². The molecule has 0 aliphatic rings. The molecular weight excluding hydrogens is 564 g/mol. The van der Waals surface area contributed by atoms with Crippen molar-refractivity contribution in [2.75, 3.05) is 12.4 Å². The summed E-state index contributed by atoms with van der Waals surface area (Å²) < 4.78 is 34.4. The summed E-state index contributed by atoms with van der Waals surface area (Å²) in [7, 11) is -2.78. The fourth-order valence-corrected chi connectivity index (χ4v) is 5.77. The number of hydrogen-bond donors (Lipinski definition) is 2. The number of aryl methyl sites for hydroxylation is 1. The van der Waals surface area contributed by atoms with E-state index in [1.54, 1.807) is 42.5 Å². The molecule has 0 saturated heterocycles. The van der Waals surface area contributed by atoms with Crippen molar-refractivity contribution in [1.82, 2.24) is 14.3 Å². The number of ether oxygens (including phenoxy) is 1. The Labute approximate surface area is 244 Å². The molecule has 0 saturated carbocycles. The Morgan fingerprint density at radius 3 is 2.41 bits per heavy atom. The zero-order valence-corrected chi connectivity index (χ0v) is 24.3. The first-order valence-corrected chi connectivity index (χ1v) is 14.9. The van der Waals surface area contributed by atoms with Gasteiger partial charge in [-0.25, -0.2) is 22.9 Å². The van der Waals surface area contributed by atoms with Crippen LogP contribution in [0.4, 0.5) is 5.69 Å². The third-order valence-corrected chi connectivity index (χ3v) is 8.31. The number of nitrogens with one attached hydrogen (secondary N) is 2. The number of aromatic nitrogens is 2. The number of imidazole rings is 1. The number of methoxy groups -OCH3 is 1. The monoisotopic (exact) mass is 594 g/mol. The summed E-state index contributed by atoms with van der Waals surface area (Å²) in [5, 5.41) is 3.35. The van der Waals surface area contributed by atoms with E-state index in [0.717, 1.165) is 36.3 Å². The van der Waals surface area contributed by atoms with E-state index in [-0.39, 0.29) is 15.5 Å². The molecule has 0 bridgehead atoms. The molecule has 0 unspecified atom stereocenters. The highest BCUT2D eigenvalue weighted by atomic mass is 35.5. The molecule has 4 aromatic rings. The van der Waals surface area contributed by atoms with Crippen LogP contribution in [0, 0.1) is 0 Å². The van der Waals surface area contributed by atoms with E-state index in [0.29, 0.717) is 24.3 Å². The molecule has 3 aromatic carbocycles. The van der Waals surface area contributed by atoms with E-state index in [1.165, 1.54) is 25.3 Å². The van der Waals surface area contributed by atoms with Crippen molar-refractivity contribution in [2.24, 2.45) is 0 Å². The van der Waals surface area contributed by atoms with Gasteiger partial charge in [-0.2, -0.15) is 0 Å². The lowest BCUT2D eigenvalue weighted by Crippen LogP contribution is -2.30. The van der Waals surface area contributed by atoms with Crippen LogP contribution in [0.15, 0.2) is 83.9 Å². The standard InChI is InChI=1S/C30H31ClN4O5S/c1-3-4-13-28-33-19-23(18-32-26-11-7-5-9-24(26)30(37)40-2)35(28)20-21-14-16-22(17-15-21)29(36)34-41(38,39)27-12-8-6-10-25(27)31/h5-12,14-17,19,32H,3-4,13,18,20H2,1-2H3,(H,34,36). The summed E-state index contributed by atoms with van der Waals surface area (Å²) in [4.78, 5) is 29.4. The first-order chi connectivity index (χ1) is 19.7. The van der Waals surface area contributed by atoms with Gasteiger partial charge in [0.2, 0.25) is 0 Å². The summed E-state index contributed by atoms with van der Waals surface area (Å²) in [6.45, 7) is 3.04. The Morgan fingerprint density at radius 2 is 1.71 bits per heavy atom. The third-order valence-electron chi connectivity index (χ3n) is 6.48. The van der Waals surface area contributed by atoms with Gasteiger partial charge in [-0.05, 0) is 48.4 Å². The van der Waals surface area contributed by atoms with E-state index in [2.05, 4.69) is 26.5 Å². The molecule has 214 valence electrons. The SMILES string of the molecule is CCCCc1ncc(CNc2ccccc2C(=O)OC)n1Cc1ccc(C(=O)NS(=O)(=O)c2ccccc2Cl)cc1. The number of sulfonamides is 1. The van der Waals surface area contributed by atoms with Crippen LogP contribution in [0.3, 0.4) is 0 Å². The summed E-state index contributed by atoms with van der Waals surface area (Å²) in [6.07, 6.45) is 4.62. The molecule has 0 atom stereocenters. The van der Waals surface area contributed by atoms with Gasteiger partial charge in [0.25, 0.3) is 15.9 Å². The minimum absolute atomic E-state index is 0.0291. The number of halogens is 1. The number of para-hydroxylation sites is 1. The summed E-state index contributed by atoms with van der Waals surface area (Å²) in [5.41, 5.74) is 3.12. The smallest absolute Gasteiger partial charge is 0.339 e. The number of nitrogens with zero attached hydrogens (tertiary/aromatic N) is 2. The molecule has 0 aliphatic heterocycles. The predicted molar refractivity (Wildman–Crippen MR) is 158 cm³/mol. The van der Waals surface area contributed by atoms with E-state index < -0.39 is 21.9 Å². The second-order valence-electron chi connectivity index (χ2n) is 9.31. The Morgan fingerprint density at radius 1 is 1.00 bits per heavy atom. The van der Waals surface area contributed by atoms with Gasteiger partial charge in [0.15, 0.2) is 0 Å². The van der Waals surface area contributed by atoms with Gasteiger partial charge in [-0.15, -0.1) is 0 Å². The highest BCUT2D eigenvalue weighted by Crippen LogP contribution is 2.21. The molecule has 1 heterocycles. The summed E-state index contributed by atoms with van der Waals surface area (Å²) in [6, 6.07) is 19.8. The van der Waals surface area contributed by atoms with E-state index >= 15 is 0 Å². The molecule has 9 nitrogen and oxygen atoms in total. The van der Waals surface area contributed by atoms with Gasteiger partial charge in [0.1, 0.15) is 10.7 Å². The van der Waals surface area contributed by atoms with Crippen LogP contribution in [0.25, 0.3) is 0 Å². The molecule has 41 heavy (non-hydrogen) atoms. The average Bonchev–Trinajstić information content (AvgIpc) is 3.35. The Hall–Kier alpha value is -4.15. The zero-order chi connectivity index (χ0) is 29.4. The van der Waals surface area contributed by atoms with Gasteiger partial charge < -0.3 is 14.6 Å². The zero-order valence-electron chi connectivity index (χ0n) is 22.8. The maximum Gasteiger partial charge on any atom is 0.339 e. The van der Waals surface area contributed by atoms with Crippen LogP contribution in [0.5, 0.6) is 0 Å². The third kappa shape index (κ3) is 7.33. The minimum Gasteiger partial charge on any atom is -0.465 e. The minimum atomic E-state index is -4.13. The predicted octanol–water partition coefficient (Wildman–Crippen LogP) is 5.44. The molecule has 4 rings (SSSR count). The van der Waals surface area contributed by atoms with Crippen LogP contribution in [0.2, 0.25) is 5.02 Å². The highest BCUT2D eigenvalue weighted by Gasteiger charge is 2.21. The second kappa shape index (κ2) is 13.5. The largest absolute Gasteiger partial charge is 0.465 e. The average molecular weight is 595 g/mol. The molecule has 1 amide bonds. The fourth-order valence-electron chi connectivity index (χ4n) is 4.28. The number of hydrogen-bond acceptors (Lipinski definition) is 7. The van der Waals surface area contributed by atoms with Crippen LogP contribution < -0.4 is 10.0 Å². The molecule has 11 heteroatoms. The van der Waals surface area contributed by atoms with Gasteiger partial charge in [-0.1, -0.05) is 61.3 Å². The summed E-state index contributed by atoms with van der Waals surface area (Å²) in [5.74, 6) is -0.247. The van der Waals surface area contributed by atoms with Gasteiger partial charge >= 0.3 is 5.97 Å². The summed E-state index contributed by atoms with van der Waals surface area (Å²) >= 11 is 6.01. The number of anilines is 1. The number of carbonyl (C=O) groups is 2. The lowest BCUT2D eigenvalue weighted by Gasteiger charge is -2.15. The Kier molecular flexibility index (Phi) is 9.80. The van der Waals surface area contributed by atoms with Crippen molar-refractivity contribution in [3.05, 3.63) is 112 Å². The topological polar surface area (TPSA) is 119 Å². The lowest BCUT2D eigenvalue weighted by molar-refractivity contribution is 0.0601. The van der Waals surface area contributed by atoms with Crippen molar-refractivity contribution < 1.29 is 22.7 Å². The number of unbranched alkanes of at least 4 members (excludes halogenated alkanes) is 1. The first-order valence-electron chi connectivity index (χ1n) is 13.1. The van der Waals surface area contributed by atoms with E-state index in [4.69, 9.17) is 16.3 Å². The van der Waals surface area contributed by atoms with Crippen molar-refractivity contribution >= 4 is 39.2 Å². The second-order valence-corrected chi connectivity index (χ2v) is 11.4. The Bertz CT molecular complexity index is 1630. The fraction of sp³-hybridized carbons (Fsp3) is 0.233. The molecule has 0 aliphatic carbocycles. The highest BCUT2D eigenvalue weighted by molar-refractivity contribution is 7.90. The molecule has 1 aromatic heterocycles. The van der Waals surface area contributed by atoms with E-state index in [1.807, 2.05) is 18.3 Å². The number of amides is 1. The maximum atomic E-state index is 12.7. The van der Waals surface area contributed by atoms with Crippen molar-refractivity contribution in [3.8, 4) is 0 Å². The molecular formula is C30H31ClN4O5S. The van der Waals surface area contributed by atoms with Gasteiger partial charge in [0, 0.05) is 24.2 Å². The number of esters is 1. The molecule has 2 N–H and O–H groups in total. The van der Waals surface area contributed by atoms with Gasteiger partial charge in [0.05, 0.1) is 36.1 Å². The maximum absolute atomic E-state index is 12.7. The normalized spacial score (nSPS) is 11.2. The van der Waals surface area contributed by atoms with Crippen molar-refractivity contribution in [1.29, 1.82) is 0 Å². The number of rotatable bonds is 12. The van der Waals surface area contributed by atoms with Crippen molar-refractivity contribution in [2.45, 2.75) is 44.2 Å². The quantitative estimate of drug-likeness (QED) is 0.209. The van der Waals surface area contributed by atoms with Crippen LogP contribution in [0.1, 0.15) is 57.6 Å². The van der Waals surface area contributed by atoms with Crippen molar-refractivity contribution in [3.63, 3.8) is 0 Å². The number of carbonyl (C=O) groups excluding carboxylic acids is 2. The van der Waals surface area contributed by atoms with Crippen LogP contribution >= 0.6 is 11.6 Å². The first kappa shape index (κ1) is 29.8.